The molecule has 0 atom stereocenters. The summed E-state index contributed by atoms with van der Waals surface area (Å²) < 4.78 is 28.3. The topological polar surface area (TPSA) is 96.2 Å². The zero-order valence-electron chi connectivity index (χ0n) is 18.6. The van der Waals surface area contributed by atoms with Crippen molar-refractivity contribution in [1.29, 1.82) is 0 Å². The quantitative estimate of drug-likeness (QED) is 0.636. The highest BCUT2D eigenvalue weighted by atomic mass is 19.3. The first kappa shape index (κ1) is 20.9. The lowest BCUT2D eigenvalue weighted by molar-refractivity contribution is -0.121. The fourth-order valence-corrected chi connectivity index (χ4v) is 5.39. The molecule has 11 heteroatoms. The second kappa shape index (κ2) is 7.18. The number of aromatic nitrogens is 4. The zero-order valence-corrected chi connectivity index (χ0v) is 18.6. The lowest BCUT2D eigenvalue weighted by Gasteiger charge is -2.38. The number of rotatable bonds is 3. The van der Waals surface area contributed by atoms with Crippen LogP contribution in [0.4, 0.5) is 20.3 Å². The van der Waals surface area contributed by atoms with Crippen LogP contribution in [0, 0.1) is 0 Å². The Balaban J connectivity index is 1.31. The molecule has 0 unspecified atom stereocenters. The van der Waals surface area contributed by atoms with Crippen molar-refractivity contribution in [2.75, 3.05) is 36.4 Å². The molecule has 0 saturated carbocycles. The van der Waals surface area contributed by atoms with Gasteiger partial charge >= 0.3 is 0 Å². The third-order valence-corrected chi connectivity index (χ3v) is 7.19. The summed E-state index contributed by atoms with van der Waals surface area (Å²) in [7, 11) is 0. The van der Waals surface area contributed by atoms with E-state index >= 15 is 0 Å². The van der Waals surface area contributed by atoms with E-state index in [1.807, 2.05) is 31.2 Å². The van der Waals surface area contributed by atoms with Crippen molar-refractivity contribution in [2.24, 2.45) is 0 Å². The predicted molar refractivity (Wildman–Crippen MR) is 120 cm³/mol. The largest absolute Gasteiger partial charge is 0.355 e. The summed E-state index contributed by atoms with van der Waals surface area (Å²) in [6, 6.07) is 7.79. The van der Waals surface area contributed by atoms with Crippen LogP contribution in [-0.2, 0) is 16.8 Å². The van der Waals surface area contributed by atoms with Gasteiger partial charge in [-0.1, -0.05) is 18.2 Å². The molecule has 2 saturated heterocycles. The van der Waals surface area contributed by atoms with Gasteiger partial charge in [-0.3, -0.25) is 9.59 Å². The summed E-state index contributed by atoms with van der Waals surface area (Å²) in [5, 5.41) is 3.01. The molecule has 1 N–H and O–H groups in total. The minimum Gasteiger partial charge on any atom is -0.355 e. The average molecular weight is 467 g/mol. The number of nitrogens with one attached hydrogen (secondary N) is 1. The molecule has 3 aliphatic heterocycles. The number of benzene rings is 1. The second-order valence-electron chi connectivity index (χ2n) is 9.14. The van der Waals surface area contributed by atoms with Crippen LogP contribution in [0.25, 0.3) is 11.2 Å². The normalized spacial score (nSPS) is 20.4. The molecule has 0 radical (unpaired) electrons. The summed E-state index contributed by atoms with van der Waals surface area (Å²) in [6.07, 6.45) is 2.66. The van der Waals surface area contributed by atoms with Crippen molar-refractivity contribution in [3.63, 3.8) is 0 Å². The third-order valence-electron chi connectivity index (χ3n) is 7.19. The molecular weight excluding hydrogens is 444 g/mol. The summed E-state index contributed by atoms with van der Waals surface area (Å²) in [6.45, 7) is 2.22. The average Bonchev–Trinajstić information content (AvgIpc) is 3.33. The van der Waals surface area contributed by atoms with E-state index in [1.165, 1.54) is 6.33 Å². The first-order valence-electron chi connectivity index (χ1n) is 11.4. The molecule has 2 amide bonds. The predicted octanol–water partition coefficient (Wildman–Crippen LogP) is 2.43. The Labute approximate surface area is 193 Å². The van der Waals surface area contributed by atoms with Gasteiger partial charge < -0.3 is 19.7 Å². The van der Waals surface area contributed by atoms with Gasteiger partial charge in [0.25, 0.3) is 11.8 Å². The highest BCUT2D eigenvalue weighted by Gasteiger charge is 2.49. The minimum atomic E-state index is -2.85. The molecule has 1 spiro atoms. The Kier molecular flexibility index (Phi) is 4.42. The van der Waals surface area contributed by atoms with Crippen LogP contribution < -0.4 is 10.2 Å². The lowest BCUT2D eigenvalue weighted by atomic mass is 9.73. The molecule has 2 fully saturated rings. The third kappa shape index (κ3) is 2.92. The molecule has 5 heterocycles. The number of carbonyl (C=O) groups excluding carboxylic acids is 2. The van der Waals surface area contributed by atoms with Crippen LogP contribution in [0.1, 0.15) is 35.9 Å². The fraction of sp³-hybridized carbons (Fsp3) is 0.435. The minimum absolute atomic E-state index is 0.0238. The molecule has 3 aliphatic rings. The van der Waals surface area contributed by atoms with Crippen LogP contribution in [-0.4, -0.2) is 68.3 Å². The van der Waals surface area contributed by atoms with Gasteiger partial charge in [0.05, 0.1) is 18.5 Å². The summed E-state index contributed by atoms with van der Waals surface area (Å²) in [4.78, 5) is 42.3. The van der Waals surface area contributed by atoms with Crippen LogP contribution in [0.2, 0.25) is 0 Å². The number of likely N-dealkylation sites (tertiary alicyclic amines) is 1. The highest BCUT2D eigenvalue weighted by molar-refractivity contribution is 6.06. The molecule has 6 rings (SSSR count). The molecule has 34 heavy (non-hydrogen) atoms. The Morgan fingerprint density at radius 3 is 2.59 bits per heavy atom. The van der Waals surface area contributed by atoms with Gasteiger partial charge in [-0.05, 0) is 31.4 Å². The monoisotopic (exact) mass is 467 g/mol. The maximum atomic E-state index is 13.3. The van der Waals surface area contributed by atoms with Crippen LogP contribution in [0.3, 0.4) is 0 Å². The highest BCUT2D eigenvalue weighted by Crippen LogP contribution is 2.45. The lowest BCUT2D eigenvalue weighted by Crippen LogP contribution is -2.58. The van der Waals surface area contributed by atoms with Crippen LogP contribution >= 0.6 is 0 Å². The van der Waals surface area contributed by atoms with Gasteiger partial charge in [0.2, 0.25) is 11.7 Å². The second-order valence-corrected chi connectivity index (χ2v) is 9.14. The van der Waals surface area contributed by atoms with Gasteiger partial charge in [0.1, 0.15) is 6.33 Å². The summed E-state index contributed by atoms with van der Waals surface area (Å²) in [5.74, 6) is -2.68. The number of imidazole rings is 1. The first-order chi connectivity index (χ1) is 16.3. The number of alkyl halides is 2. The van der Waals surface area contributed by atoms with E-state index in [1.54, 1.807) is 4.57 Å². The standard InChI is InChI=1S/C23H23F2N7O2/c1-2-32-18-16(29-19(32)20(33)31-11-23(24,25)12-31)17(26-13-27-18)30-9-7-22(8-10-30)14-5-3-4-6-15(14)28-21(22)34/h3-6,13H,2,7-12H2,1H3,(H,28,34). The Morgan fingerprint density at radius 2 is 1.88 bits per heavy atom. The molecule has 2 aromatic heterocycles. The van der Waals surface area contributed by atoms with E-state index in [0.29, 0.717) is 49.5 Å². The van der Waals surface area contributed by atoms with E-state index < -0.39 is 30.3 Å². The van der Waals surface area contributed by atoms with Gasteiger partial charge in [-0.25, -0.2) is 23.7 Å². The van der Waals surface area contributed by atoms with Gasteiger partial charge in [-0.2, -0.15) is 0 Å². The SMILES string of the molecule is CCn1c(C(=O)N2CC(F)(F)C2)nc2c(N3CCC4(CC3)C(=O)Nc3ccccc34)ncnc21. The molecule has 3 aromatic rings. The molecule has 0 bridgehead atoms. The number of piperidine rings is 1. The summed E-state index contributed by atoms with van der Waals surface area (Å²) >= 11 is 0. The smallest absolute Gasteiger partial charge is 0.290 e. The van der Waals surface area contributed by atoms with Crippen molar-refractivity contribution in [3.8, 4) is 0 Å². The van der Waals surface area contributed by atoms with E-state index in [-0.39, 0.29) is 11.7 Å². The fourth-order valence-electron chi connectivity index (χ4n) is 5.39. The summed E-state index contributed by atoms with van der Waals surface area (Å²) in [5.41, 5.74) is 2.29. The van der Waals surface area contributed by atoms with Gasteiger partial charge in [0.15, 0.2) is 17.0 Å². The number of carbonyl (C=O) groups is 2. The number of amides is 2. The molecule has 176 valence electrons. The number of hydrogen-bond donors (Lipinski definition) is 1. The van der Waals surface area contributed by atoms with E-state index in [4.69, 9.17) is 0 Å². The molecular formula is C23H23F2N7O2. The van der Waals surface area contributed by atoms with E-state index in [9.17, 15) is 18.4 Å². The number of hydrogen-bond acceptors (Lipinski definition) is 6. The maximum absolute atomic E-state index is 13.3. The Morgan fingerprint density at radius 1 is 1.15 bits per heavy atom. The Bertz CT molecular complexity index is 1320. The van der Waals surface area contributed by atoms with Gasteiger partial charge in [-0.15, -0.1) is 0 Å². The molecule has 9 nitrogen and oxygen atoms in total. The van der Waals surface area contributed by atoms with Crippen molar-refractivity contribution in [2.45, 2.75) is 37.6 Å². The number of para-hydroxylation sites is 1. The number of fused-ring (bicyclic) bond motifs is 3. The maximum Gasteiger partial charge on any atom is 0.290 e. The molecule has 1 aromatic carbocycles. The first-order valence-corrected chi connectivity index (χ1v) is 11.4. The number of nitrogens with zero attached hydrogens (tertiary/aromatic N) is 6. The van der Waals surface area contributed by atoms with Crippen LogP contribution in [0.15, 0.2) is 30.6 Å². The van der Waals surface area contributed by atoms with Crippen LogP contribution in [0.5, 0.6) is 0 Å². The zero-order chi connectivity index (χ0) is 23.7. The number of aryl methyl sites for hydroxylation is 1. The van der Waals surface area contributed by atoms with Gasteiger partial charge in [0, 0.05) is 25.3 Å². The van der Waals surface area contributed by atoms with E-state index in [2.05, 4.69) is 25.2 Å². The molecule has 0 aliphatic carbocycles. The van der Waals surface area contributed by atoms with Crippen molar-refractivity contribution >= 4 is 34.5 Å². The van der Waals surface area contributed by atoms with Crippen molar-refractivity contribution in [1.82, 2.24) is 24.4 Å². The van der Waals surface area contributed by atoms with Crippen molar-refractivity contribution in [3.05, 3.63) is 42.0 Å². The number of anilines is 2. The number of halogens is 2. The Hall–Kier alpha value is -3.63. The van der Waals surface area contributed by atoms with Crippen molar-refractivity contribution < 1.29 is 18.4 Å². The van der Waals surface area contributed by atoms with E-state index in [0.717, 1.165) is 16.2 Å².